The summed E-state index contributed by atoms with van der Waals surface area (Å²) in [5.41, 5.74) is 2.37. The second kappa shape index (κ2) is 6.38. The first-order valence-electron chi connectivity index (χ1n) is 5.63. The number of ether oxygens (including phenoxy) is 1. The molecule has 16 heavy (non-hydrogen) atoms. The van der Waals surface area contributed by atoms with Crippen LogP contribution in [-0.4, -0.2) is 34.4 Å². The van der Waals surface area contributed by atoms with Crippen LogP contribution in [0.3, 0.4) is 0 Å². The van der Waals surface area contributed by atoms with E-state index < -0.39 is 0 Å². The largest absolute Gasteiger partial charge is 0.385 e. The molecule has 0 aliphatic carbocycles. The Labute approximate surface area is 98.4 Å². The molecule has 0 amide bonds. The van der Waals surface area contributed by atoms with Gasteiger partial charge in [-0.25, -0.2) is 0 Å². The molecule has 0 fully saturated rings. The van der Waals surface area contributed by atoms with Crippen molar-refractivity contribution in [1.82, 2.24) is 0 Å². The van der Waals surface area contributed by atoms with Crippen molar-refractivity contribution in [3.8, 4) is 0 Å². The van der Waals surface area contributed by atoms with E-state index in [1.54, 1.807) is 7.11 Å². The Kier molecular flexibility index (Phi) is 5.12. The SMILES string of the molecule is COCC(C)CNc1cccc(N(C)C)c1. The van der Waals surface area contributed by atoms with Gasteiger partial charge in [0.1, 0.15) is 0 Å². The molecule has 1 aromatic rings. The van der Waals surface area contributed by atoms with Gasteiger partial charge in [-0.3, -0.25) is 0 Å². The summed E-state index contributed by atoms with van der Waals surface area (Å²) in [6.07, 6.45) is 0. The third-order valence-corrected chi connectivity index (χ3v) is 2.47. The molecule has 3 nitrogen and oxygen atoms in total. The summed E-state index contributed by atoms with van der Waals surface area (Å²) in [5, 5.41) is 3.42. The molecule has 1 aromatic carbocycles. The molecule has 1 rings (SSSR count). The average molecular weight is 222 g/mol. The molecular weight excluding hydrogens is 200 g/mol. The van der Waals surface area contributed by atoms with E-state index in [-0.39, 0.29) is 0 Å². The Morgan fingerprint density at radius 3 is 2.75 bits per heavy atom. The van der Waals surface area contributed by atoms with Crippen LogP contribution in [0.4, 0.5) is 11.4 Å². The van der Waals surface area contributed by atoms with E-state index >= 15 is 0 Å². The predicted molar refractivity (Wildman–Crippen MR) is 70.3 cm³/mol. The number of rotatable bonds is 6. The molecule has 1 unspecified atom stereocenters. The van der Waals surface area contributed by atoms with Crippen LogP contribution in [0, 0.1) is 5.92 Å². The predicted octanol–water partition coefficient (Wildman–Crippen LogP) is 2.45. The molecule has 0 spiro atoms. The molecule has 0 radical (unpaired) electrons. The highest BCUT2D eigenvalue weighted by Gasteiger charge is 2.02. The van der Waals surface area contributed by atoms with E-state index in [1.807, 2.05) is 14.1 Å². The minimum absolute atomic E-state index is 0.521. The Balaban J connectivity index is 2.50. The van der Waals surface area contributed by atoms with Crippen LogP contribution in [0.25, 0.3) is 0 Å². The number of nitrogens with zero attached hydrogens (tertiary/aromatic N) is 1. The Bertz CT molecular complexity index is 313. The van der Waals surface area contributed by atoms with E-state index in [9.17, 15) is 0 Å². The van der Waals surface area contributed by atoms with Crippen molar-refractivity contribution in [2.45, 2.75) is 6.92 Å². The van der Waals surface area contributed by atoms with Gasteiger partial charge in [0, 0.05) is 39.1 Å². The zero-order chi connectivity index (χ0) is 12.0. The maximum Gasteiger partial charge on any atom is 0.0504 e. The molecule has 0 saturated heterocycles. The standard InChI is InChI=1S/C13H22N2O/c1-11(10-16-4)9-14-12-6-5-7-13(8-12)15(2)3/h5-8,11,14H,9-10H2,1-4H3. The van der Waals surface area contributed by atoms with E-state index in [0.717, 1.165) is 18.8 Å². The zero-order valence-electron chi connectivity index (χ0n) is 10.7. The Morgan fingerprint density at radius 2 is 2.12 bits per heavy atom. The second-order valence-corrected chi connectivity index (χ2v) is 4.39. The molecule has 1 N–H and O–H groups in total. The Hall–Kier alpha value is -1.22. The van der Waals surface area contributed by atoms with Gasteiger partial charge in [0.15, 0.2) is 0 Å². The number of hydrogen-bond acceptors (Lipinski definition) is 3. The van der Waals surface area contributed by atoms with Crippen molar-refractivity contribution in [2.24, 2.45) is 5.92 Å². The molecule has 0 aliphatic heterocycles. The zero-order valence-corrected chi connectivity index (χ0v) is 10.7. The Morgan fingerprint density at radius 1 is 1.38 bits per heavy atom. The summed E-state index contributed by atoms with van der Waals surface area (Å²) < 4.78 is 5.11. The maximum atomic E-state index is 5.11. The van der Waals surface area contributed by atoms with Crippen LogP contribution in [0.15, 0.2) is 24.3 Å². The summed E-state index contributed by atoms with van der Waals surface area (Å²) in [6, 6.07) is 8.41. The number of anilines is 2. The van der Waals surface area contributed by atoms with Gasteiger partial charge >= 0.3 is 0 Å². The van der Waals surface area contributed by atoms with Crippen molar-refractivity contribution in [2.75, 3.05) is 44.6 Å². The van der Waals surface area contributed by atoms with Crippen molar-refractivity contribution >= 4 is 11.4 Å². The first kappa shape index (κ1) is 12.8. The lowest BCUT2D eigenvalue weighted by Crippen LogP contribution is -2.16. The number of nitrogens with one attached hydrogen (secondary N) is 1. The van der Waals surface area contributed by atoms with Gasteiger partial charge in [-0.05, 0) is 24.1 Å². The van der Waals surface area contributed by atoms with Gasteiger partial charge in [-0.1, -0.05) is 13.0 Å². The van der Waals surface area contributed by atoms with Crippen LogP contribution in [0.1, 0.15) is 6.92 Å². The van der Waals surface area contributed by atoms with Crippen molar-refractivity contribution in [1.29, 1.82) is 0 Å². The van der Waals surface area contributed by atoms with Crippen molar-refractivity contribution in [3.05, 3.63) is 24.3 Å². The van der Waals surface area contributed by atoms with E-state index in [1.165, 1.54) is 5.69 Å². The van der Waals surface area contributed by atoms with Gasteiger partial charge < -0.3 is 15.0 Å². The average Bonchev–Trinajstić information content (AvgIpc) is 2.27. The second-order valence-electron chi connectivity index (χ2n) is 4.39. The molecule has 3 heteroatoms. The maximum absolute atomic E-state index is 5.11. The molecule has 0 bridgehead atoms. The minimum atomic E-state index is 0.521. The third kappa shape index (κ3) is 4.11. The van der Waals surface area contributed by atoms with E-state index in [0.29, 0.717) is 5.92 Å². The molecule has 1 atom stereocenters. The lowest BCUT2D eigenvalue weighted by Gasteiger charge is -2.16. The van der Waals surface area contributed by atoms with Crippen LogP contribution in [0.5, 0.6) is 0 Å². The van der Waals surface area contributed by atoms with Crippen LogP contribution in [-0.2, 0) is 4.74 Å². The third-order valence-electron chi connectivity index (χ3n) is 2.47. The highest BCUT2D eigenvalue weighted by Crippen LogP contribution is 2.17. The summed E-state index contributed by atoms with van der Waals surface area (Å²) >= 11 is 0. The first-order chi connectivity index (χ1) is 7.63. The van der Waals surface area contributed by atoms with E-state index in [2.05, 4.69) is 41.4 Å². The summed E-state index contributed by atoms with van der Waals surface area (Å²) in [7, 11) is 5.84. The summed E-state index contributed by atoms with van der Waals surface area (Å²) in [5.74, 6) is 0.521. The topological polar surface area (TPSA) is 24.5 Å². The van der Waals surface area contributed by atoms with E-state index in [4.69, 9.17) is 4.74 Å². The number of benzene rings is 1. The van der Waals surface area contributed by atoms with Crippen molar-refractivity contribution < 1.29 is 4.74 Å². The molecular formula is C13H22N2O. The van der Waals surface area contributed by atoms with Crippen LogP contribution >= 0.6 is 0 Å². The highest BCUT2D eigenvalue weighted by atomic mass is 16.5. The summed E-state index contributed by atoms with van der Waals surface area (Å²) in [6.45, 7) is 3.90. The lowest BCUT2D eigenvalue weighted by molar-refractivity contribution is 0.164. The molecule has 90 valence electrons. The van der Waals surface area contributed by atoms with Gasteiger partial charge in [0.05, 0.1) is 6.61 Å². The normalized spacial score (nSPS) is 12.2. The minimum Gasteiger partial charge on any atom is -0.385 e. The molecule has 0 aromatic heterocycles. The molecule has 0 heterocycles. The molecule has 0 saturated carbocycles. The molecule has 0 aliphatic rings. The fourth-order valence-electron chi connectivity index (χ4n) is 1.53. The van der Waals surface area contributed by atoms with Gasteiger partial charge in [0.2, 0.25) is 0 Å². The number of hydrogen-bond donors (Lipinski definition) is 1. The number of methoxy groups -OCH3 is 1. The summed E-state index contributed by atoms with van der Waals surface area (Å²) in [4.78, 5) is 2.10. The monoisotopic (exact) mass is 222 g/mol. The van der Waals surface area contributed by atoms with Gasteiger partial charge in [0.25, 0.3) is 0 Å². The lowest BCUT2D eigenvalue weighted by atomic mass is 10.2. The fraction of sp³-hybridized carbons (Fsp3) is 0.538. The quantitative estimate of drug-likeness (QED) is 0.800. The highest BCUT2D eigenvalue weighted by molar-refractivity contribution is 5.57. The smallest absolute Gasteiger partial charge is 0.0504 e. The van der Waals surface area contributed by atoms with Crippen LogP contribution < -0.4 is 10.2 Å². The van der Waals surface area contributed by atoms with Crippen LogP contribution in [0.2, 0.25) is 0 Å². The van der Waals surface area contributed by atoms with Crippen molar-refractivity contribution in [3.63, 3.8) is 0 Å². The van der Waals surface area contributed by atoms with Gasteiger partial charge in [-0.15, -0.1) is 0 Å². The van der Waals surface area contributed by atoms with Gasteiger partial charge in [-0.2, -0.15) is 0 Å². The first-order valence-corrected chi connectivity index (χ1v) is 5.63. The fourth-order valence-corrected chi connectivity index (χ4v) is 1.53.